The number of benzene rings is 1. The third-order valence-corrected chi connectivity index (χ3v) is 5.19. The zero-order valence-electron chi connectivity index (χ0n) is 12.3. The van der Waals surface area contributed by atoms with Crippen LogP contribution in [0.4, 0.5) is 0 Å². The van der Waals surface area contributed by atoms with E-state index >= 15 is 0 Å². The second-order valence-electron chi connectivity index (χ2n) is 5.82. The van der Waals surface area contributed by atoms with Crippen molar-refractivity contribution in [3.63, 3.8) is 0 Å². The van der Waals surface area contributed by atoms with Crippen LogP contribution in [0.2, 0.25) is 0 Å². The van der Waals surface area contributed by atoms with Crippen molar-refractivity contribution in [3.8, 4) is 0 Å². The summed E-state index contributed by atoms with van der Waals surface area (Å²) in [4.78, 5) is 11.9. The maximum atomic E-state index is 11.8. The summed E-state index contributed by atoms with van der Waals surface area (Å²) >= 11 is 0. The minimum Gasteiger partial charge on any atom is -0.356 e. The Hall–Kier alpha value is -1.40. The van der Waals surface area contributed by atoms with E-state index in [-0.39, 0.29) is 10.8 Å². The van der Waals surface area contributed by atoms with Crippen LogP contribution in [-0.4, -0.2) is 20.9 Å². The summed E-state index contributed by atoms with van der Waals surface area (Å²) in [5, 5.41) is 8.02. The van der Waals surface area contributed by atoms with E-state index in [1.165, 1.54) is 25.0 Å². The van der Waals surface area contributed by atoms with Gasteiger partial charge in [-0.25, -0.2) is 13.6 Å². The van der Waals surface area contributed by atoms with Crippen LogP contribution in [0.25, 0.3) is 0 Å². The molecule has 1 fully saturated rings. The summed E-state index contributed by atoms with van der Waals surface area (Å²) in [7, 11) is -3.65. The molecule has 21 heavy (non-hydrogen) atoms. The van der Waals surface area contributed by atoms with Crippen LogP contribution in [0.1, 0.15) is 38.2 Å². The molecule has 0 radical (unpaired) electrons. The van der Waals surface area contributed by atoms with Crippen molar-refractivity contribution in [2.75, 3.05) is 6.54 Å². The Bertz CT molecular complexity index is 604. The SMILES string of the molecule is CCC1(CNC(=O)CCc2ccc(S(N)(=O)=O)cc2)CC1. The number of primary sulfonamides is 1. The maximum absolute atomic E-state index is 11.8. The molecule has 1 amide bonds. The van der Waals surface area contributed by atoms with E-state index in [2.05, 4.69) is 12.2 Å². The molecule has 1 saturated carbocycles. The number of carbonyl (C=O) groups is 1. The highest BCUT2D eigenvalue weighted by Gasteiger charge is 2.40. The minimum absolute atomic E-state index is 0.0465. The Kier molecular flexibility index (Phi) is 4.68. The van der Waals surface area contributed by atoms with Gasteiger partial charge in [0.15, 0.2) is 0 Å². The maximum Gasteiger partial charge on any atom is 0.238 e. The van der Waals surface area contributed by atoms with Crippen molar-refractivity contribution >= 4 is 15.9 Å². The zero-order valence-corrected chi connectivity index (χ0v) is 13.1. The lowest BCUT2D eigenvalue weighted by Gasteiger charge is -2.13. The van der Waals surface area contributed by atoms with Crippen LogP contribution < -0.4 is 10.5 Å². The lowest BCUT2D eigenvalue weighted by molar-refractivity contribution is -0.121. The summed E-state index contributed by atoms with van der Waals surface area (Å²) in [5.74, 6) is 0.0465. The molecule has 1 aromatic rings. The molecule has 0 saturated heterocycles. The van der Waals surface area contributed by atoms with Crippen molar-refractivity contribution < 1.29 is 13.2 Å². The molecule has 1 aromatic carbocycles. The normalized spacial score (nSPS) is 16.5. The Balaban J connectivity index is 1.79. The van der Waals surface area contributed by atoms with Gasteiger partial charge in [0.2, 0.25) is 15.9 Å². The van der Waals surface area contributed by atoms with Crippen LogP contribution >= 0.6 is 0 Å². The number of nitrogens with two attached hydrogens (primary N) is 1. The van der Waals surface area contributed by atoms with Gasteiger partial charge in [-0.2, -0.15) is 0 Å². The molecule has 1 aliphatic carbocycles. The molecule has 5 nitrogen and oxygen atoms in total. The molecule has 116 valence electrons. The number of sulfonamides is 1. The lowest BCUT2D eigenvalue weighted by atomic mass is 10.0. The van der Waals surface area contributed by atoms with Gasteiger partial charge in [-0.3, -0.25) is 4.79 Å². The van der Waals surface area contributed by atoms with E-state index in [1.807, 2.05) is 0 Å². The number of hydrogen-bond donors (Lipinski definition) is 2. The highest BCUT2D eigenvalue weighted by atomic mass is 32.2. The van der Waals surface area contributed by atoms with Crippen molar-refractivity contribution in [3.05, 3.63) is 29.8 Å². The first-order valence-corrected chi connectivity index (χ1v) is 8.78. The molecular weight excluding hydrogens is 288 g/mol. The molecular formula is C15H22N2O3S. The molecule has 0 heterocycles. The van der Waals surface area contributed by atoms with Crippen molar-refractivity contribution in [1.82, 2.24) is 5.32 Å². The van der Waals surface area contributed by atoms with Crippen molar-refractivity contribution in [1.29, 1.82) is 0 Å². The van der Waals surface area contributed by atoms with Gasteiger partial charge < -0.3 is 5.32 Å². The largest absolute Gasteiger partial charge is 0.356 e. The van der Waals surface area contributed by atoms with Gasteiger partial charge in [0.05, 0.1) is 4.90 Å². The molecule has 0 aromatic heterocycles. The van der Waals surface area contributed by atoms with Crippen LogP contribution in [0.15, 0.2) is 29.2 Å². The smallest absolute Gasteiger partial charge is 0.238 e. The summed E-state index contributed by atoms with van der Waals surface area (Å²) in [6.45, 7) is 2.93. The Labute approximate surface area is 126 Å². The Morgan fingerprint density at radius 1 is 1.29 bits per heavy atom. The van der Waals surface area contributed by atoms with Crippen LogP contribution in [0.3, 0.4) is 0 Å². The van der Waals surface area contributed by atoms with Gasteiger partial charge in [-0.15, -0.1) is 0 Å². The summed E-state index contributed by atoms with van der Waals surface area (Å²) in [6, 6.07) is 6.33. The standard InChI is InChI=1S/C15H22N2O3S/c1-2-15(9-10-15)11-17-14(18)8-5-12-3-6-13(7-4-12)21(16,19)20/h3-4,6-7H,2,5,8-11H2,1H3,(H,17,18)(H2,16,19,20). The number of amides is 1. The van der Waals surface area contributed by atoms with Crippen molar-refractivity contribution in [2.45, 2.75) is 43.9 Å². The van der Waals surface area contributed by atoms with E-state index in [1.54, 1.807) is 12.1 Å². The lowest BCUT2D eigenvalue weighted by Crippen LogP contribution is -2.30. The summed E-state index contributed by atoms with van der Waals surface area (Å²) < 4.78 is 22.3. The van der Waals surface area contributed by atoms with Crippen LogP contribution in [-0.2, 0) is 21.2 Å². The van der Waals surface area contributed by atoms with E-state index in [0.29, 0.717) is 18.3 Å². The molecule has 0 bridgehead atoms. The first-order chi connectivity index (χ1) is 9.85. The third kappa shape index (κ3) is 4.54. The molecule has 0 aliphatic heterocycles. The van der Waals surface area contributed by atoms with Crippen molar-refractivity contribution in [2.24, 2.45) is 10.6 Å². The number of hydrogen-bond acceptors (Lipinski definition) is 3. The fraction of sp³-hybridized carbons (Fsp3) is 0.533. The van der Waals surface area contributed by atoms with Crippen LogP contribution in [0, 0.1) is 5.41 Å². The molecule has 1 aliphatic rings. The molecule has 3 N–H and O–H groups in total. The van der Waals surface area contributed by atoms with E-state index in [4.69, 9.17) is 5.14 Å². The predicted octanol–water partition coefficient (Wildman–Crippen LogP) is 1.57. The predicted molar refractivity (Wildman–Crippen MR) is 81.1 cm³/mol. The van der Waals surface area contributed by atoms with Crippen LogP contribution in [0.5, 0.6) is 0 Å². The quantitative estimate of drug-likeness (QED) is 0.801. The van der Waals surface area contributed by atoms with Gasteiger partial charge in [0, 0.05) is 13.0 Å². The number of rotatable bonds is 7. The van der Waals surface area contributed by atoms with Gasteiger partial charge in [0.1, 0.15) is 0 Å². The fourth-order valence-corrected chi connectivity index (χ4v) is 2.83. The van der Waals surface area contributed by atoms with Gasteiger partial charge in [0.25, 0.3) is 0 Å². The summed E-state index contributed by atoms with van der Waals surface area (Å²) in [5.41, 5.74) is 1.28. The minimum atomic E-state index is -3.65. The van der Waals surface area contributed by atoms with Gasteiger partial charge >= 0.3 is 0 Å². The zero-order chi connectivity index (χ0) is 15.5. The van der Waals surface area contributed by atoms with Gasteiger partial charge in [-0.1, -0.05) is 19.1 Å². The summed E-state index contributed by atoms with van der Waals surface area (Å²) in [6.07, 6.45) is 4.53. The topological polar surface area (TPSA) is 89.3 Å². The third-order valence-electron chi connectivity index (χ3n) is 4.26. The number of aryl methyl sites for hydroxylation is 1. The molecule has 2 rings (SSSR count). The Morgan fingerprint density at radius 3 is 2.38 bits per heavy atom. The highest BCUT2D eigenvalue weighted by molar-refractivity contribution is 7.89. The average molecular weight is 310 g/mol. The fourth-order valence-electron chi connectivity index (χ4n) is 2.31. The van der Waals surface area contributed by atoms with Gasteiger partial charge in [-0.05, 0) is 48.8 Å². The first-order valence-electron chi connectivity index (χ1n) is 7.23. The highest BCUT2D eigenvalue weighted by Crippen LogP contribution is 2.47. The average Bonchev–Trinajstić information content (AvgIpc) is 3.23. The Morgan fingerprint density at radius 2 is 1.90 bits per heavy atom. The van der Waals surface area contributed by atoms with E-state index in [9.17, 15) is 13.2 Å². The molecule has 6 heteroatoms. The van der Waals surface area contributed by atoms with E-state index in [0.717, 1.165) is 18.5 Å². The second-order valence-corrected chi connectivity index (χ2v) is 7.38. The molecule has 0 spiro atoms. The molecule has 0 unspecified atom stereocenters. The molecule has 0 atom stereocenters. The number of carbonyl (C=O) groups excluding carboxylic acids is 1. The number of nitrogens with one attached hydrogen (secondary N) is 1. The van der Waals surface area contributed by atoms with E-state index < -0.39 is 10.0 Å². The first kappa shape index (κ1) is 16.0. The second kappa shape index (κ2) is 6.15. The monoisotopic (exact) mass is 310 g/mol.